The fourth-order valence-electron chi connectivity index (χ4n) is 2.11. The van der Waals surface area contributed by atoms with E-state index in [0.717, 1.165) is 32.4 Å². The molecule has 0 spiro atoms. The Hall–Kier alpha value is -0.590. The van der Waals surface area contributed by atoms with Crippen LogP contribution in [0, 0.1) is 11.3 Å². The quantitative estimate of drug-likeness (QED) is 0.687. The molecular formula is C11H20N2O. The molecule has 0 bridgehead atoms. The Balaban J connectivity index is 2.36. The zero-order chi connectivity index (χ0) is 10.4. The molecule has 1 atom stereocenters. The van der Waals surface area contributed by atoms with E-state index in [1.54, 1.807) is 7.11 Å². The Kier molecular flexibility index (Phi) is 4.92. The van der Waals surface area contributed by atoms with Crippen LogP contribution in [0.1, 0.15) is 32.6 Å². The summed E-state index contributed by atoms with van der Waals surface area (Å²) in [5.74, 6) is 0. The van der Waals surface area contributed by atoms with Crippen LogP contribution in [-0.4, -0.2) is 37.2 Å². The highest BCUT2D eigenvalue weighted by Gasteiger charge is 2.23. The van der Waals surface area contributed by atoms with Gasteiger partial charge in [0.1, 0.15) is 0 Å². The lowest BCUT2D eigenvalue weighted by atomic mass is 10.0. The molecule has 3 heteroatoms. The van der Waals surface area contributed by atoms with Crippen molar-refractivity contribution in [2.75, 3.05) is 20.2 Å². The third-order valence-electron chi connectivity index (χ3n) is 3.12. The first-order chi connectivity index (χ1) is 6.81. The van der Waals surface area contributed by atoms with E-state index in [2.05, 4.69) is 17.9 Å². The number of rotatable bonds is 4. The summed E-state index contributed by atoms with van der Waals surface area (Å²) in [5, 5.41) is 8.70. The maximum Gasteiger partial charge on any atom is 0.0638 e. The number of nitriles is 1. The molecule has 0 radical (unpaired) electrons. The maximum absolute atomic E-state index is 8.70. The molecule has 1 heterocycles. The monoisotopic (exact) mass is 196 g/mol. The lowest BCUT2D eigenvalue weighted by Gasteiger charge is -2.35. The Bertz CT molecular complexity index is 192. The van der Waals surface area contributed by atoms with E-state index in [1.165, 1.54) is 0 Å². The molecule has 0 aromatic heterocycles. The summed E-state index contributed by atoms with van der Waals surface area (Å²) in [5.41, 5.74) is 0. The molecule has 1 unspecified atom stereocenters. The van der Waals surface area contributed by atoms with Crippen molar-refractivity contribution in [3.8, 4) is 6.07 Å². The summed E-state index contributed by atoms with van der Waals surface area (Å²) < 4.78 is 5.32. The van der Waals surface area contributed by atoms with Gasteiger partial charge in [-0.15, -0.1) is 0 Å². The van der Waals surface area contributed by atoms with Crippen molar-refractivity contribution < 1.29 is 4.74 Å². The Morgan fingerprint density at radius 2 is 2.14 bits per heavy atom. The van der Waals surface area contributed by atoms with Crippen LogP contribution in [0.4, 0.5) is 0 Å². The molecule has 0 amide bonds. The average molecular weight is 196 g/mol. The van der Waals surface area contributed by atoms with E-state index in [-0.39, 0.29) is 0 Å². The Morgan fingerprint density at radius 3 is 2.57 bits per heavy atom. The number of hydrogen-bond donors (Lipinski definition) is 0. The summed E-state index contributed by atoms with van der Waals surface area (Å²) in [7, 11) is 1.78. The van der Waals surface area contributed by atoms with Gasteiger partial charge in [0.2, 0.25) is 0 Å². The highest BCUT2D eigenvalue weighted by atomic mass is 16.5. The highest BCUT2D eigenvalue weighted by Crippen LogP contribution is 2.18. The van der Waals surface area contributed by atoms with Gasteiger partial charge in [-0.2, -0.15) is 5.26 Å². The summed E-state index contributed by atoms with van der Waals surface area (Å²) in [6, 6.07) is 2.72. The van der Waals surface area contributed by atoms with Crippen molar-refractivity contribution in [3.63, 3.8) is 0 Å². The number of piperidine rings is 1. The molecule has 1 fully saturated rings. The third kappa shape index (κ3) is 2.97. The van der Waals surface area contributed by atoms with Crippen molar-refractivity contribution in [2.45, 2.75) is 44.8 Å². The molecule has 1 aliphatic rings. The molecule has 0 aromatic rings. The number of methoxy groups -OCH3 is 1. The van der Waals surface area contributed by atoms with Crippen molar-refractivity contribution in [3.05, 3.63) is 0 Å². The first-order valence-corrected chi connectivity index (χ1v) is 5.45. The number of likely N-dealkylation sites (tertiary alicyclic amines) is 1. The molecule has 1 aliphatic heterocycles. The molecule has 0 N–H and O–H groups in total. The van der Waals surface area contributed by atoms with E-state index in [1.807, 2.05) is 0 Å². The van der Waals surface area contributed by atoms with Crippen LogP contribution in [0.15, 0.2) is 0 Å². The van der Waals surface area contributed by atoms with E-state index in [4.69, 9.17) is 10.00 Å². The highest BCUT2D eigenvalue weighted by molar-refractivity contribution is 4.84. The van der Waals surface area contributed by atoms with E-state index in [0.29, 0.717) is 18.6 Å². The largest absolute Gasteiger partial charge is 0.381 e. The van der Waals surface area contributed by atoms with Crippen LogP contribution in [0.25, 0.3) is 0 Å². The predicted molar refractivity (Wildman–Crippen MR) is 55.9 cm³/mol. The lowest BCUT2D eigenvalue weighted by molar-refractivity contribution is 0.0272. The van der Waals surface area contributed by atoms with Crippen LogP contribution >= 0.6 is 0 Å². The fourth-order valence-corrected chi connectivity index (χ4v) is 2.11. The van der Waals surface area contributed by atoms with Crippen molar-refractivity contribution in [1.29, 1.82) is 5.26 Å². The second kappa shape index (κ2) is 6.00. The Labute approximate surface area is 86.6 Å². The van der Waals surface area contributed by atoms with Gasteiger partial charge >= 0.3 is 0 Å². The average Bonchev–Trinajstić information content (AvgIpc) is 2.26. The molecule has 0 saturated carbocycles. The van der Waals surface area contributed by atoms with Gasteiger partial charge in [0.05, 0.1) is 18.6 Å². The van der Waals surface area contributed by atoms with Gasteiger partial charge in [-0.1, -0.05) is 6.92 Å². The third-order valence-corrected chi connectivity index (χ3v) is 3.12. The van der Waals surface area contributed by atoms with E-state index >= 15 is 0 Å². The summed E-state index contributed by atoms with van der Waals surface area (Å²) in [6.45, 7) is 4.32. The normalized spacial score (nSPS) is 21.8. The second-order valence-electron chi connectivity index (χ2n) is 3.90. The fraction of sp³-hybridized carbons (Fsp3) is 0.909. The van der Waals surface area contributed by atoms with Gasteiger partial charge < -0.3 is 4.74 Å². The second-order valence-corrected chi connectivity index (χ2v) is 3.90. The van der Waals surface area contributed by atoms with Gasteiger partial charge in [-0.05, 0) is 19.3 Å². The number of hydrogen-bond acceptors (Lipinski definition) is 3. The first-order valence-electron chi connectivity index (χ1n) is 5.45. The van der Waals surface area contributed by atoms with Crippen LogP contribution in [-0.2, 0) is 4.74 Å². The zero-order valence-corrected chi connectivity index (χ0v) is 9.20. The van der Waals surface area contributed by atoms with Gasteiger partial charge in [-0.25, -0.2) is 0 Å². The number of nitrogens with zero attached hydrogens (tertiary/aromatic N) is 2. The molecule has 14 heavy (non-hydrogen) atoms. The zero-order valence-electron chi connectivity index (χ0n) is 9.20. The summed E-state index contributed by atoms with van der Waals surface area (Å²) in [4.78, 5) is 2.43. The number of ether oxygens (including phenoxy) is 1. The summed E-state index contributed by atoms with van der Waals surface area (Å²) in [6.07, 6.45) is 4.39. The van der Waals surface area contributed by atoms with Crippen LogP contribution in [0.2, 0.25) is 0 Å². The smallest absolute Gasteiger partial charge is 0.0638 e. The van der Waals surface area contributed by atoms with Crippen LogP contribution in [0.3, 0.4) is 0 Å². The molecule has 1 rings (SSSR count). The molecule has 3 nitrogen and oxygen atoms in total. The SMILES string of the molecule is CCC(CC#N)N1CCC(OC)CC1. The summed E-state index contributed by atoms with van der Waals surface area (Å²) >= 11 is 0. The van der Waals surface area contributed by atoms with Crippen molar-refractivity contribution in [1.82, 2.24) is 4.90 Å². The Morgan fingerprint density at radius 1 is 1.50 bits per heavy atom. The molecule has 0 aliphatic carbocycles. The predicted octanol–water partition coefficient (Wildman–Crippen LogP) is 1.79. The maximum atomic E-state index is 8.70. The molecule has 80 valence electrons. The van der Waals surface area contributed by atoms with Gasteiger partial charge in [0.15, 0.2) is 0 Å². The van der Waals surface area contributed by atoms with E-state index < -0.39 is 0 Å². The molecule has 1 saturated heterocycles. The standard InChI is InChI=1S/C11H20N2O/c1-3-10(4-7-12)13-8-5-11(14-2)6-9-13/h10-11H,3-6,8-9H2,1-2H3. The van der Waals surface area contributed by atoms with Gasteiger partial charge in [0.25, 0.3) is 0 Å². The van der Waals surface area contributed by atoms with Crippen LogP contribution in [0.5, 0.6) is 0 Å². The van der Waals surface area contributed by atoms with E-state index in [9.17, 15) is 0 Å². The lowest BCUT2D eigenvalue weighted by Crippen LogP contribution is -2.42. The first kappa shape index (κ1) is 11.5. The minimum Gasteiger partial charge on any atom is -0.381 e. The van der Waals surface area contributed by atoms with Crippen LogP contribution < -0.4 is 0 Å². The molecule has 0 aromatic carbocycles. The van der Waals surface area contributed by atoms with Gasteiger partial charge in [-0.3, -0.25) is 4.90 Å². The van der Waals surface area contributed by atoms with Crippen molar-refractivity contribution in [2.24, 2.45) is 0 Å². The van der Waals surface area contributed by atoms with Gasteiger partial charge in [0, 0.05) is 26.2 Å². The molecular weight excluding hydrogens is 176 g/mol. The topological polar surface area (TPSA) is 36.3 Å². The minimum atomic E-state index is 0.436. The minimum absolute atomic E-state index is 0.436. The van der Waals surface area contributed by atoms with Crippen molar-refractivity contribution >= 4 is 0 Å².